The topological polar surface area (TPSA) is 78.9 Å². The predicted molar refractivity (Wildman–Crippen MR) is 80.6 cm³/mol. The molecule has 21 heavy (non-hydrogen) atoms. The van der Waals surface area contributed by atoms with E-state index >= 15 is 0 Å². The number of hydrogen-bond donors (Lipinski definition) is 2. The van der Waals surface area contributed by atoms with Crippen molar-refractivity contribution in [2.45, 2.75) is 20.0 Å². The lowest BCUT2D eigenvalue weighted by Crippen LogP contribution is -2.38. The van der Waals surface area contributed by atoms with Gasteiger partial charge < -0.3 is 20.1 Å². The molecule has 6 heteroatoms. The minimum Gasteiger partial charge on any atom is -0.491 e. The number of carboxylic acids is 1. The Morgan fingerprint density at radius 2 is 2.00 bits per heavy atom. The highest BCUT2D eigenvalue weighted by Crippen LogP contribution is 2.17. The van der Waals surface area contributed by atoms with Crippen molar-refractivity contribution < 1.29 is 19.4 Å². The molecule has 2 N–H and O–H groups in total. The Bertz CT molecular complexity index is 497. The van der Waals surface area contributed by atoms with E-state index in [0.717, 1.165) is 4.90 Å². The number of rotatable bonds is 7. The number of carbonyl (C=O) groups excluding carboxylic acids is 1. The summed E-state index contributed by atoms with van der Waals surface area (Å²) in [5.41, 5.74) is 0.565. The maximum Gasteiger partial charge on any atom is 0.323 e. The van der Waals surface area contributed by atoms with E-state index in [4.69, 9.17) is 9.84 Å². The number of carboxylic acid groups (broad SMARTS) is 1. The third kappa shape index (κ3) is 5.99. The molecular weight excluding hydrogens is 272 g/mol. The monoisotopic (exact) mass is 292 g/mol. The second-order valence-corrected chi connectivity index (χ2v) is 4.68. The number of ether oxygens (including phenoxy) is 1. The maximum absolute atomic E-state index is 12.0. The molecule has 1 aromatic carbocycles. The Morgan fingerprint density at radius 1 is 1.38 bits per heavy atom. The molecule has 1 rings (SSSR count). The molecule has 0 atom stereocenters. The number of amides is 2. The first-order valence-corrected chi connectivity index (χ1v) is 6.57. The van der Waals surface area contributed by atoms with Crippen molar-refractivity contribution in [1.82, 2.24) is 4.90 Å². The van der Waals surface area contributed by atoms with Gasteiger partial charge in [-0.2, -0.15) is 0 Å². The highest BCUT2D eigenvalue weighted by atomic mass is 16.5. The maximum atomic E-state index is 12.0. The summed E-state index contributed by atoms with van der Waals surface area (Å²) in [7, 11) is 0. The van der Waals surface area contributed by atoms with Crippen molar-refractivity contribution >= 4 is 17.7 Å². The summed E-state index contributed by atoms with van der Waals surface area (Å²) in [5.74, 6) is -0.371. The van der Waals surface area contributed by atoms with Crippen LogP contribution in [-0.2, 0) is 4.79 Å². The molecule has 0 saturated carbocycles. The van der Waals surface area contributed by atoms with Crippen LogP contribution in [0.2, 0.25) is 0 Å². The molecule has 0 heterocycles. The largest absolute Gasteiger partial charge is 0.491 e. The number of carbonyl (C=O) groups is 2. The Labute approximate surface area is 124 Å². The van der Waals surface area contributed by atoms with Gasteiger partial charge in [0.15, 0.2) is 0 Å². The summed E-state index contributed by atoms with van der Waals surface area (Å²) in [6.07, 6.45) is 1.55. The minimum atomic E-state index is -1.08. The van der Waals surface area contributed by atoms with Crippen LogP contribution < -0.4 is 10.1 Å². The fraction of sp³-hybridized carbons (Fsp3) is 0.333. The summed E-state index contributed by atoms with van der Waals surface area (Å²) < 4.78 is 5.50. The van der Waals surface area contributed by atoms with Crippen molar-refractivity contribution in [3.8, 4) is 5.75 Å². The third-order valence-corrected chi connectivity index (χ3v) is 2.44. The van der Waals surface area contributed by atoms with Crippen molar-refractivity contribution in [3.05, 3.63) is 36.9 Å². The minimum absolute atomic E-state index is 0.0732. The molecule has 6 nitrogen and oxygen atoms in total. The van der Waals surface area contributed by atoms with Gasteiger partial charge in [0.05, 0.1) is 6.10 Å². The van der Waals surface area contributed by atoms with Crippen molar-refractivity contribution in [2.75, 3.05) is 18.4 Å². The Balaban J connectivity index is 2.67. The number of anilines is 1. The van der Waals surface area contributed by atoms with E-state index in [-0.39, 0.29) is 19.2 Å². The van der Waals surface area contributed by atoms with Gasteiger partial charge in [-0.3, -0.25) is 4.79 Å². The van der Waals surface area contributed by atoms with Crippen LogP contribution in [-0.4, -0.2) is 41.2 Å². The first-order valence-electron chi connectivity index (χ1n) is 6.57. The number of hydrogen-bond acceptors (Lipinski definition) is 3. The highest BCUT2D eigenvalue weighted by molar-refractivity contribution is 5.91. The zero-order valence-electron chi connectivity index (χ0n) is 12.2. The molecule has 0 fully saturated rings. The summed E-state index contributed by atoms with van der Waals surface area (Å²) in [6.45, 7) is 7.13. The lowest BCUT2D eigenvalue weighted by Gasteiger charge is -2.19. The smallest absolute Gasteiger partial charge is 0.323 e. The fourth-order valence-corrected chi connectivity index (χ4v) is 1.63. The van der Waals surface area contributed by atoms with Gasteiger partial charge in [0, 0.05) is 12.2 Å². The van der Waals surface area contributed by atoms with Crippen LogP contribution in [0.4, 0.5) is 10.5 Å². The zero-order chi connectivity index (χ0) is 15.8. The SMILES string of the molecule is C=CCN(CC(=O)O)C(=O)Nc1ccc(OC(C)C)cc1. The first-order chi connectivity index (χ1) is 9.92. The number of nitrogens with zero attached hydrogens (tertiary/aromatic N) is 1. The van der Waals surface area contributed by atoms with Gasteiger partial charge in [0.25, 0.3) is 0 Å². The lowest BCUT2D eigenvalue weighted by atomic mass is 10.3. The quantitative estimate of drug-likeness (QED) is 0.757. The lowest BCUT2D eigenvalue weighted by molar-refractivity contribution is -0.137. The Hall–Kier alpha value is -2.50. The summed E-state index contributed by atoms with van der Waals surface area (Å²) in [6, 6.07) is 6.38. The average Bonchev–Trinajstić information content (AvgIpc) is 2.39. The van der Waals surface area contributed by atoms with E-state index < -0.39 is 12.0 Å². The zero-order valence-corrected chi connectivity index (χ0v) is 12.2. The van der Waals surface area contributed by atoms with Crippen LogP contribution in [0.5, 0.6) is 5.75 Å². The Kier molecular flexibility index (Phi) is 6.26. The van der Waals surface area contributed by atoms with Crippen LogP contribution in [0.1, 0.15) is 13.8 Å². The van der Waals surface area contributed by atoms with E-state index in [2.05, 4.69) is 11.9 Å². The summed E-state index contributed by atoms with van der Waals surface area (Å²) >= 11 is 0. The van der Waals surface area contributed by atoms with Crippen LogP contribution in [0.15, 0.2) is 36.9 Å². The van der Waals surface area contributed by atoms with Gasteiger partial charge >= 0.3 is 12.0 Å². The summed E-state index contributed by atoms with van der Waals surface area (Å²) in [4.78, 5) is 23.8. The highest BCUT2D eigenvalue weighted by Gasteiger charge is 2.15. The van der Waals surface area contributed by atoms with Gasteiger partial charge in [-0.15, -0.1) is 6.58 Å². The average molecular weight is 292 g/mol. The Morgan fingerprint density at radius 3 is 2.48 bits per heavy atom. The molecule has 2 amide bonds. The van der Waals surface area contributed by atoms with E-state index in [0.29, 0.717) is 11.4 Å². The van der Waals surface area contributed by atoms with E-state index in [9.17, 15) is 9.59 Å². The fourth-order valence-electron chi connectivity index (χ4n) is 1.63. The van der Waals surface area contributed by atoms with E-state index in [1.165, 1.54) is 6.08 Å². The molecule has 0 aliphatic rings. The number of urea groups is 1. The predicted octanol–water partition coefficient (Wildman–Crippen LogP) is 2.58. The molecule has 0 saturated heterocycles. The third-order valence-electron chi connectivity index (χ3n) is 2.44. The molecule has 0 aromatic heterocycles. The standard InChI is InChI=1S/C15H20N2O4/c1-4-9-17(10-14(18)19)15(20)16-12-5-7-13(8-6-12)21-11(2)3/h4-8,11H,1,9-10H2,2-3H3,(H,16,20)(H,18,19). The van der Waals surface area contributed by atoms with Gasteiger partial charge in [-0.1, -0.05) is 6.08 Å². The first kappa shape index (κ1) is 16.6. The molecule has 1 aromatic rings. The number of aliphatic carboxylic acids is 1. The molecule has 0 bridgehead atoms. The van der Waals surface area contributed by atoms with E-state index in [1.54, 1.807) is 24.3 Å². The molecule has 0 aliphatic carbocycles. The molecular formula is C15H20N2O4. The second kappa shape index (κ2) is 7.94. The van der Waals surface area contributed by atoms with Crippen LogP contribution in [0, 0.1) is 0 Å². The van der Waals surface area contributed by atoms with Gasteiger partial charge in [0.2, 0.25) is 0 Å². The number of benzene rings is 1. The molecule has 0 radical (unpaired) electrons. The number of nitrogens with one attached hydrogen (secondary N) is 1. The molecule has 0 unspecified atom stereocenters. The van der Waals surface area contributed by atoms with Crippen molar-refractivity contribution in [2.24, 2.45) is 0 Å². The summed E-state index contributed by atoms with van der Waals surface area (Å²) in [5, 5.41) is 11.4. The van der Waals surface area contributed by atoms with Crippen LogP contribution in [0.25, 0.3) is 0 Å². The normalized spacial score (nSPS) is 10.0. The second-order valence-electron chi connectivity index (χ2n) is 4.68. The van der Waals surface area contributed by atoms with Crippen LogP contribution >= 0.6 is 0 Å². The van der Waals surface area contributed by atoms with Crippen molar-refractivity contribution in [3.63, 3.8) is 0 Å². The van der Waals surface area contributed by atoms with Gasteiger partial charge in [-0.25, -0.2) is 4.79 Å². The molecule has 0 aliphatic heterocycles. The van der Waals surface area contributed by atoms with Crippen LogP contribution in [0.3, 0.4) is 0 Å². The molecule has 114 valence electrons. The van der Waals surface area contributed by atoms with Gasteiger partial charge in [0.1, 0.15) is 12.3 Å². The molecule has 0 spiro atoms. The van der Waals surface area contributed by atoms with Gasteiger partial charge in [-0.05, 0) is 38.1 Å². The van der Waals surface area contributed by atoms with E-state index in [1.807, 2.05) is 13.8 Å². The van der Waals surface area contributed by atoms with Crippen molar-refractivity contribution in [1.29, 1.82) is 0 Å².